The second-order valence-corrected chi connectivity index (χ2v) is 7.53. The van der Waals surface area contributed by atoms with Crippen molar-refractivity contribution < 1.29 is 23.1 Å². The van der Waals surface area contributed by atoms with Crippen LogP contribution in [0.5, 0.6) is 0 Å². The Hall–Kier alpha value is -4.60. The lowest BCUT2D eigenvalue weighted by atomic mass is 9.77. The van der Waals surface area contributed by atoms with Crippen LogP contribution in [-0.4, -0.2) is 40.0 Å². The lowest BCUT2D eigenvalue weighted by Gasteiger charge is -2.37. The van der Waals surface area contributed by atoms with E-state index in [-0.39, 0.29) is 12.3 Å². The second kappa shape index (κ2) is 11.2. The SMILES string of the molecule is CCOC(=O)/C(=N\OC(F)F)c1cn(NC(c2ccccc2)(c2ccccc2)c2ccccc2)nn1. The van der Waals surface area contributed by atoms with Gasteiger partial charge in [0, 0.05) is 0 Å². The zero-order valence-electron chi connectivity index (χ0n) is 19.3. The Labute approximate surface area is 206 Å². The maximum absolute atomic E-state index is 12.6. The van der Waals surface area contributed by atoms with E-state index in [9.17, 15) is 13.6 Å². The predicted molar refractivity (Wildman–Crippen MR) is 129 cm³/mol. The van der Waals surface area contributed by atoms with Gasteiger partial charge in [-0.2, -0.15) is 13.6 Å². The highest BCUT2D eigenvalue weighted by molar-refractivity contribution is 6.42. The van der Waals surface area contributed by atoms with Crippen LogP contribution in [0.4, 0.5) is 8.78 Å². The van der Waals surface area contributed by atoms with Gasteiger partial charge in [0.25, 0.3) is 0 Å². The van der Waals surface area contributed by atoms with Gasteiger partial charge in [-0.25, -0.2) is 4.79 Å². The summed E-state index contributed by atoms with van der Waals surface area (Å²) in [5, 5.41) is 11.3. The van der Waals surface area contributed by atoms with Crippen molar-refractivity contribution in [2.45, 2.75) is 19.1 Å². The van der Waals surface area contributed by atoms with Crippen molar-refractivity contribution in [2.75, 3.05) is 12.0 Å². The van der Waals surface area contributed by atoms with Crippen LogP contribution in [0.1, 0.15) is 29.3 Å². The van der Waals surface area contributed by atoms with Crippen LogP contribution in [-0.2, 0) is 19.9 Å². The molecule has 184 valence electrons. The quantitative estimate of drug-likeness (QED) is 0.154. The molecular formula is C26H23F2N5O3. The normalized spacial score (nSPS) is 11.8. The lowest BCUT2D eigenvalue weighted by molar-refractivity contribution is -0.138. The van der Waals surface area contributed by atoms with Gasteiger partial charge in [-0.05, 0) is 28.8 Å². The molecule has 0 aliphatic carbocycles. The number of carbonyl (C=O) groups excluding carboxylic acids is 1. The standard InChI is InChI=1S/C26H23F2N5O3/c1-2-35-24(34)23(30-36-25(27)28)22-18-33(32-29-22)31-26(19-12-6-3-7-13-19,20-14-8-4-9-15-20)21-16-10-5-11-17-21/h3-18,25,31H,2H2,1H3/b30-23-. The first kappa shape index (κ1) is 24.5. The summed E-state index contributed by atoms with van der Waals surface area (Å²) in [6.45, 7) is -1.63. The number of oxime groups is 1. The summed E-state index contributed by atoms with van der Waals surface area (Å²) < 4.78 is 30.1. The van der Waals surface area contributed by atoms with Gasteiger partial charge in [-0.1, -0.05) is 96.2 Å². The Kier molecular flexibility index (Phi) is 7.64. The highest BCUT2D eigenvalue weighted by atomic mass is 19.3. The largest absolute Gasteiger partial charge is 0.461 e. The van der Waals surface area contributed by atoms with Crippen molar-refractivity contribution in [3.63, 3.8) is 0 Å². The molecule has 0 spiro atoms. The van der Waals surface area contributed by atoms with Crippen LogP contribution < -0.4 is 5.43 Å². The van der Waals surface area contributed by atoms with Crippen LogP contribution in [0.2, 0.25) is 0 Å². The minimum absolute atomic E-state index is 0.0120. The number of rotatable bonds is 10. The molecule has 36 heavy (non-hydrogen) atoms. The fourth-order valence-corrected chi connectivity index (χ4v) is 3.84. The zero-order chi connectivity index (χ0) is 25.4. The second-order valence-electron chi connectivity index (χ2n) is 7.53. The number of ether oxygens (including phenoxy) is 1. The minimum atomic E-state index is -3.22. The summed E-state index contributed by atoms with van der Waals surface area (Å²) in [6.07, 6.45) is 1.36. The number of halogens is 2. The van der Waals surface area contributed by atoms with Gasteiger partial charge in [-0.3, -0.25) is 5.43 Å². The molecule has 4 rings (SSSR count). The summed E-state index contributed by atoms with van der Waals surface area (Å²) in [6, 6.07) is 29.2. The molecule has 10 heteroatoms. The van der Waals surface area contributed by atoms with E-state index in [2.05, 4.69) is 25.7 Å². The smallest absolute Gasteiger partial charge is 0.407 e. The van der Waals surface area contributed by atoms with Gasteiger partial charge < -0.3 is 9.57 Å². The maximum Gasteiger partial charge on any atom is 0.407 e. The van der Waals surface area contributed by atoms with Crippen LogP contribution in [0.3, 0.4) is 0 Å². The Morgan fingerprint density at radius 3 is 1.89 bits per heavy atom. The van der Waals surface area contributed by atoms with E-state index in [1.54, 1.807) is 6.92 Å². The van der Waals surface area contributed by atoms with Crippen LogP contribution in [0.25, 0.3) is 0 Å². The fourth-order valence-electron chi connectivity index (χ4n) is 3.84. The van der Waals surface area contributed by atoms with Crippen molar-refractivity contribution in [1.82, 2.24) is 15.1 Å². The van der Waals surface area contributed by atoms with E-state index in [4.69, 9.17) is 4.74 Å². The molecule has 0 atom stereocenters. The van der Waals surface area contributed by atoms with Gasteiger partial charge in [-0.15, -0.1) is 5.10 Å². The highest BCUT2D eigenvalue weighted by Crippen LogP contribution is 2.37. The summed E-state index contributed by atoms with van der Waals surface area (Å²) in [5.74, 6) is -0.967. The molecule has 1 aromatic heterocycles. The molecule has 0 unspecified atom stereocenters. The number of nitrogens with one attached hydrogen (secondary N) is 1. The minimum Gasteiger partial charge on any atom is -0.461 e. The van der Waals surface area contributed by atoms with E-state index >= 15 is 0 Å². The summed E-state index contributed by atoms with van der Waals surface area (Å²) in [5.41, 5.74) is 4.53. The van der Waals surface area contributed by atoms with E-state index < -0.39 is 23.8 Å². The molecule has 0 saturated heterocycles. The average Bonchev–Trinajstić information content (AvgIpc) is 3.37. The van der Waals surface area contributed by atoms with Crippen molar-refractivity contribution >= 4 is 11.7 Å². The number of carbonyl (C=O) groups is 1. The van der Waals surface area contributed by atoms with Crippen molar-refractivity contribution in [3.8, 4) is 0 Å². The van der Waals surface area contributed by atoms with Crippen LogP contribution in [0.15, 0.2) is 102 Å². The molecular weight excluding hydrogens is 468 g/mol. The molecule has 0 radical (unpaired) electrons. The van der Waals surface area contributed by atoms with Gasteiger partial charge in [0.1, 0.15) is 11.2 Å². The van der Waals surface area contributed by atoms with Crippen molar-refractivity contribution in [1.29, 1.82) is 0 Å². The van der Waals surface area contributed by atoms with Crippen LogP contribution in [0, 0.1) is 0 Å². The number of alkyl halides is 2. The topological polar surface area (TPSA) is 90.6 Å². The lowest BCUT2D eigenvalue weighted by Crippen LogP contribution is -2.43. The molecule has 0 bridgehead atoms. The van der Waals surface area contributed by atoms with E-state index in [1.807, 2.05) is 91.0 Å². The van der Waals surface area contributed by atoms with Gasteiger partial charge in [0.2, 0.25) is 5.71 Å². The molecule has 0 fully saturated rings. The third-order valence-corrected chi connectivity index (χ3v) is 5.33. The number of benzene rings is 3. The molecule has 4 aromatic rings. The fraction of sp³-hybridized carbons (Fsp3) is 0.154. The Balaban J connectivity index is 1.83. The molecule has 0 aliphatic rings. The third-order valence-electron chi connectivity index (χ3n) is 5.33. The number of hydrogen-bond acceptors (Lipinski definition) is 7. The maximum atomic E-state index is 12.6. The first-order valence-electron chi connectivity index (χ1n) is 11.1. The Morgan fingerprint density at radius 2 is 1.44 bits per heavy atom. The van der Waals surface area contributed by atoms with Gasteiger partial charge >= 0.3 is 12.6 Å². The summed E-state index contributed by atoms with van der Waals surface area (Å²) in [4.78, 5) is 17.6. The molecule has 0 saturated carbocycles. The first-order valence-corrected chi connectivity index (χ1v) is 11.1. The first-order chi connectivity index (χ1) is 17.5. The van der Waals surface area contributed by atoms with Gasteiger partial charge in [0.15, 0.2) is 0 Å². The summed E-state index contributed by atoms with van der Waals surface area (Å²) in [7, 11) is 0. The van der Waals surface area contributed by atoms with Crippen molar-refractivity contribution in [2.24, 2.45) is 5.16 Å². The molecule has 0 amide bonds. The number of nitrogens with zero attached hydrogens (tertiary/aromatic N) is 4. The molecule has 1 heterocycles. The van der Waals surface area contributed by atoms with E-state index in [1.165, 1.54) is 11.0 Å². The highest BCUT2D eigenvalue weighted by Gasteiger charge is 2.37. The molecule has 3 aromatic carbocycles. The Morgan fingerprint density at radius 1 is 0.944 bits per heavy atom. The van der Waals surface area contributed by atoms with E-state index in [0.29, 0.717) is 0 Å². The predicted octanol–water partition coefficient (Wildman–Crippen LogP) is 4.32. The number of esters is 1. The molecule has 0 aliphatic heterocycles. The Bertz CT molecular complexity index is 1200. The van der Waals surface area contributed by atoms with Crippen molar-refractivity contribution in [3.05, 3.63) is 120 Å². The zero-order valence-corrected chi connectivity index (χ0v) is 19.3. The molecule has 8 nitrogen and oxygen atoms in total. The number of hydrogen-bond donors (Lipinski definition) is 1. The average molecular weight is 491 g/mol. The van der Waals surface area contributed by atoms with E-state index in [0.717, 1.165) is 16.7 Å². The monoisotopic (exact) mass is 491 g/mol. The van der Waals surface area contributed by atoms with Crippen LogP contribution >= 0.6 is 0 Å². The number of aromatic nitrogens is 3. The summed E-state index contributed by atoms with van der Waals surface area (Å²) >= 11 is 0. The third kappa shape index (κ3) is 5.22. The van der Waals surface area contributed by atoms with Gasteiger partial charge in [0.05, 0.1) is 12.8 Å². The molecule has 1 N–H and O–H groups in total.